The minimum atomic E-state index is -3.83. The quantitative estimate of drug-likeness (QED) is 0.453. The van der Waals surface area contributed by atoms with Crippen molar-refractivity contribution in [2.45, 2.75) is 11.6 Å². The minimum absolute atomic E-state index is 0.0793. The second-order valence-electron chi connectivity index (χ2n) is 2.79. The van der Waals surface area contributed by atoms with Crippen molar-refractivity contribution in [3.63, 3.8) is 0 Å². The average molecular weight is 352 g/mol. The summed E-state index contributed by atoms with van der Waals surface area (Å²) in [7, 11) is -0.948. The number of hydrogen-bond acceptors (Lipinski definition) is 5. The Morgan fingerprint density at radius 1 is 1.57 bits per heavy atom. The molecule has 1 heterocycles. The topological polar surface area (TPSA) is 98.7 Å². The van der Waals surface area contributed by atoms with Gasteiger partial charge in [0, 0.05) is 0 Å². The van der Waals surface area contributed by atoms with E-state index in [4.69, 9.17) is 4.89 Å². The predicted molar refractivity (Wildman–Crippen MR) is 64.5 cm³/mol. The van der Waals surface area contributed by atoms with Gasteiger partial charge in [-0.25, -0.2) is 0 Å². The molecule has 0 fully saturated rings. The molecule has 1 aromatic heterocycles. The van der Waals surface area contributed by atoms with Crippen molar-refractivity contribution in [3.05, 3.63) is 18.7 Å². The summed E-state index contributed by atoms with van der Waals surface area (Å²) >= 11 is 1.39. The zero-order chi connectivity index (χ0) is 10.8. The second-order valence-corrected chi connectivity index (χ2v) is 10.9. The maximum absolute atomic E-state index is 9.80. The molecule has 0 spiro atoms. The number of aliphatic hydroxyl groups is 1. The van der Waals surface area contributed by atoms with Crippen LogP contribution in [0.2, 0.25) is 0 Å². The Hall–Kier alpha value is 0.640. The first kappa shape index (κ1) is 12.7. The Bertz CT molecular complexity index is 290. The molecule has 6 nitrogen and oxygen atoms in total. The zero-order valence-corrected chi connectivity index (χ0v) is 11.2. The van der Waals surface area contributed by atoms with Crippen LogP contribution in [0.5, 0.6) is 0 Å². The normalized spacial score (nSPS) is 18.6. The number of imidazole rings is 1. The molecule has 0 aliphatic rings. The van der Waals surface area contributed by atoms with Crippen LogP contribution in [0, 0.1) is 0 Å². The van der Waals surface area contributed by atoms with Gasteiger partial charge in [-0.1, -0.05) is 0 Å². The fraction of sp³-hybridized carbons (Fsp3) is 0.400. The zero-order valence-electron chi connectivity index (χ0n) is 7.00. The van der Waals surface area contributed by atoms with Gasteiger partial charge in [0.05, 0.1) is 0 Å². The van der Waals surface area contributed by atoms with E-state index in [1.165, 1.54) is 39.1 Å². The fourth-order valence-electron chi connectivity index (χ4n) is 0.852. The first-order valence-corrected chi connectivity index (χ1v) is 9.58. The molecule has 2 unspecified atom stereocenters. The predicted octanol–water partition coefficient (Wildman–Crippen LogP) is 0.0295. The fourth-order valence-corrected chi connectivity index (χ4v) is 3.65. The summed E-state index contributed by atoms with van der Waals surface area (Å²) in [6.07, 6.45) is 4.51. The number of rotatable bonds is 4. The molecule has 0 radical (unpaired) electrons. The Kier molecular flexibility index (Phi) is 4.22. The molecule has 0 aliphatic heterocycles. The number of aromatic nitrogens is 2. The molecule has 2 atom stereocenters. The van der Waals surface area contributed by atoms with Gasteiger partial charge in [-0.2, -0.15) is 0 Å². The van der Waals surface area contributed by atoms with Crippen LogP contribution in [-0.2, 0) is 6.54 Å². The third kappa shape index (κ3) is 2.82. The molecule has 82 valence electrons. The molecule has 0 saturated carbocycles. The molecule has 14 heavy (non-hydrogen) atoms. The van der Waals surface area contributed by atoms with E-state index in [0.29, 0.717) is 0 Å². The molecule has 0 aliphatic carbocycles. The van der Waals surface area contributed by atoms with Crippen LogP contribution in [0.1, 0.15) is 0 Å². The van der Waals surface area contributed by atoms with E-state index in [-0.39, 0.29) is 6.54 Å². The summed E-state index contributed by atoms with van der Waals surface area (Å²) in [6.45, 7) is -0.0793. The van der Waals surface area contributed by atoms with Crippen molar-refractivity contribution < 1.29 is 19.8 Å². The molecule has 0 saturated heterocycles. The summed E-state index contributed by atoms with van der Waals surface area (Å²) < 4.78 is 1.48. The molecule has 0 bridgehead atoms. The first-order chi connectivity index (χ1) is 6.39. The van der Waals surface area contributed by atoms with Gasteiger partial charge in [0.1, 0.15) is 0 Å². The van der Waals surface area contributed by atoms with Crippen LogP contribution in [0.25, 0.3) is 0 Å². The standard InChI is InChI=1S/C5H11IN2O4P2/c6-14(11,12)5(9,13-10)3-8-2-1-7-4-8/h1-2,4,9-14H,3H2. The van der Waals surface area contributed by atoms with Crippen molar-refractivity contribution in [1.82, 2.24) is 9.55 Å². The van der Waals surface area contributed by atoms with Gasteiger partial charge in [0.2, 0.25) is 0 Å². The Labute approximate surface area is 95.8 Å². The van der Waals surface area contributed by atoms with E-state index in [0.717, 1.165) is 0 Å². The van der Waals surface area contributed by atoms with Crippen LogP contribution >= 0.6 is 36.2 Å². The summed E-state index contributed by atoms with van der Waals surface area (Å²) in [5, 5.41) is 4.12. The third-order valence-electron chi connectivity index (χ3n) is 1.68. The van der Waals surface area contributed by atoms with E-state index in [2.05, 4.69) is 4.98 Å². The molecule has 9 heteroatoms. The molecule has 0 amide bonds. The second kappa shape index (κ2) is 4.65. The van der Waals surface area contributed by atoms with E-state index < -0.39 is 19.2 Å². The summed E-state index contributed by atoms with van der Waals surface area (Å²) in [6, 6.07) is 0. The maximum atomic E-state index is 9.80. The molecule has 4 N–H and O–H groups in total. The van der Waals surface area contributed by atoms with Crippen LogP contribution < -0.4 is 0 Å². The van der Waals surface area contributed by atoms with Gasteiger partial charge in [0.25, 0.3) is 0 Å². The average Bonchev–Trinajstić information content (AvgIpc) is 2.54. The number of halogens is 1. The van der Waals surface area contributed by atoms with E-state index in [1.54, 1.807) is 6.20 Å². The summed E-state index contributed by atoms with van der Waals surface area (Å²) in [5.41, 5.74) is 0. The van der Waals surface area contributed by atoms with Gasteiger partial charge in [0.15, 0.2) is 0 Å². The Morgan fingerprint density at radius 2 is 2.21 bits per heavy atom. The molecule has 1 aromatic rings. The van der Waals surface area contributed by atoms with E-state index in [9.17, 15) is 14.9 Å². The van der Waals surface area contributed by atoms with Crippen LogP contribution in [0.3, 0.4) is 0 Å². The molecular formula is C5H11IN2O4P2. The van der Waals surface area contributed by atoms with Crippen LogP contribution in [-0.4, -0.2) is 34.4 Å². The molecule has 1 rings (SSSR count). The van der Waals surface area contributed by atoms with E-state index >= 15 is 0 Å². The van der Waals surface area contributed by atoms with Gasteiger partial charge in [-0.05, 0) is 0 Å². The summed E-state index contributed by atoms with van der Waals surface area (Å²) in [5.74, 6) is 0. The van der Waals surface area contributed by atoms with Crippen molar-refractivity contribution in [2.75, 3.05) is 0 Å². The van der Waals surface area contributed by atoms with Gasteiger partial charge in [-0.3, -0.25) is 0 Å². The number of hydrogen-bond donors (Lipinski definition) is 4. The Balaban J connectivity index is 2.82. The van der Waals surface area contributed by atoms with Crippen LogP contribution in [0.15, 0.2) is 18.7 Å². The monoisotopic (exact) mass is 352 g/mol. The Morgan fingerprint density at radius 3 is 2.57 bits per heavy atom. The van der Waals surface area contributed by atoms with Gasteiger partial charge >= 0.3 is 95.9 Å². The molecule has 0 aromatic carbocycles. The van der Waals surface area contributed by atoms with Gasteiger partial charge in [-0.15, -0.1) is 0 Å². The van der Waals surface area contributed by atoms with Crippen molar-refractivity contribution in [2.24, 2.45) is 0 Å². The van der Waals surface area contributed by atoms with Gasteiger partial charge < -0.3 is 0 Å². The van der Waals surface area contributed by atoms with Crippen LogP contribution in [0.4, 0.5) is 0 Å². The van der Waals surface area contributed by atoms with Crippen molar-refractivity contribution in [1.29, 1.82) is 0 Å². The van der Waals surface area contributed by atoms with Crippen molar-refractivity contribution in [3.8, 4) is 0 Å². The number of nitrogens with zero attached hydrogens (tertiary/aromatic N) is 2. The van der Waals surface area contributed by atoms with E-state index in [1.807, 2.05) is 0 Å². The first-order valence-electron chi connectivity index (χ1n) is 3.62. The SMILES string of the molecule is OPC(O)(Cn1ccnc1)[PH](O)(O)I. The van der Waals surface area contributed by atoms with Crippen molar-refractivity contribution >= 4 is 36.2 Å². The molecular weight excluding hydrogens is 341 g/mol. The third-order valence-corrected chi connectivity index (χ3v) is 9.01. The summed E-state index contributed by atoms with van der Waals surface area (Å²) in [4.78, 5) is 31.5.